The number of nitrogens with zero attached hydrogens (tertiary/aromatic N) is 3. The highest BCUT2D eigenvalue weighted by Gasteiger charge is 2.27. The summed E-state index contributed by atoms with van der Waals surface area (Å²) in [6, 6.07) is 17.7. The van der Waals surface area contributed by atoms with Crippen LogP contribution in [0.3, 0.4) is 0 Å². The zero-order chi connectivity index (χ0) is 24.4. The number of hydrogen-bond donors (Lipinski definition) is 0. The molecule has 1 amide bonds. The van der Waals surface area contributed by atoms with E-state index in [1.165, 1.54) is 11.3 Å². The van der Waals surface area contributed by atoms with Crippen molar-refractivity contribution in [1.82, 2.24) is 14.4 Å². The first-order valence-electron chi connectivity index (χ1n) is 11.8. The highest BCUT2D eigenvalue weighted by molar-refractivity contribution is 7.22. The number of amides is 1. The van der Waals surface area contributed by atoms with Crippen molar-refractivity contribution in [1.29, 1.82) is 0 Å². The number of para-hydroxylation sites is 1. The molecule has 2 aromatic heterocycles. The Bertz CT molecular complexity index is 1410. The molecular weight excluding hydrogens is 462 g/mol. The Morgan fingerprint density at radius 1 is 1.09 bits per heavy atom. The maximum Gasteiger partial charge on any atom is 0.267 e. The summed E-state index contributed by atoms with van der Waals surface area (Å²) in [5.74, 6) is 0.247. The second kappa shape index (κ2) is 10.2. The van der Waals surface area contributed by atoms with Gasteiger partial charge in [0.15, 0.2) is 5.75 Å². The molecule has 0 saturated carbocycles. The van der Waals surface area contributed by atoms with Crippen LogP contribution in [0.5, 0.6) is 5.75 Å². The third kappa shape index (κ3) is 4.69. The Morgan fingerprint density at radius 3 is 2.57 bits per heavy atom. The van der Waals surface area contributed by atoms with E-state index in [1.807, 2.05) is 54.6 Å². The first-order valence-corrected chi connectivity index (χ1v) is 12.6. The van der Waals surface area contributed by atoms with Crippen molar-refractivity contribution in [2.45, 2.75) is 6.54 Å². The first-order chi connectivity index (χ1) is 17.0. The van der Waals surface area contributed by atoms with Crippen molar-refractivity contribution in [3.8, 4) is 5.75 Å². The lowest BCUT2D eigenvalue weighted by molar-refractivity contribution is 0.0323. The maximum absolute atomic E-state index is 13.7. The smallest absolute Gasteiger partial charge is 0.267 e. The molecule has 0 atom stereocenters. The minimum absolute atomic E-state index is 0.150. The summed E-state index contributed by atoms with van der Waals surface area (Å²) in [5, 5.41) is 1.42. The first kappa shape index (κ1) is 23.5. The number of hydrogen-bond acceptors (Lipinski definition) is 6. The minimum atomic E-state index is -0.152. The SMILES string of the molecule is CN(Cc1ccccc1)C(=O)c1sc2c(c1OCCN1CCOCC1)c(=O)n(C)c1ccccc21. The number of carbonyl (C=O) groups is 1. The molecule has 2 aromatic carbocycles. The predicted octanol–water partition coefficient (Wildman–Crippen LogP) is 3.74. The summed E-state index contributed by atoms with van der Waals surface area (Å²) in [6.45, 7) is 4.70. The number of morpholine rings is 1. The average Bonchev–Trinajstić information content (AvgIpc) is 3.27. The van der Waals surface area contributed by atoms with Crippen molar-refractivity contribution >= 4 is 38.2 Å². The molecule has 0 radical (unpaired) electrons. The molecule has 4 aromatic rings. The van der Waals surface area contributed by atoms with Crippen molar-refractivity contribution in [2.75, 3.05) is 46.5 Å². The zero-order valence-corrected chi connectivity index (χ0v) is 20.8. The van der Waals surface area contributed by atoms with Crippen LogP contribution in [-0.2, 0) is 18.3 Å². The molecule has 1 aliphatic heterocycles. The largest absolute Gasteiger partial charge is 0.490 e. The number of pyridine rings is 1. The van der Waals surface area contributed by atoms with E-state index in [9.17, 15) is 9.59 Å². The van der Waals surface area contributed by atoms with Crippen LogP contribution in [-0.4, -0.2) is 66.8 Å². The van der Waals surface area contributed by atoms with E-state index < -0.39 is 0 Å². The van der Waals surface area contributed by atoms with E-state index >= 15 is 0 Å². The number of aryl methyl sites for hydroxylation is 1. The van der Waals surface area contributed by atoms with Crippen LogP contribution in [0.2, 0.25) is 0 Å². The summed E-state index contributed by atoms with van der Waals surface area (Å²) in [6.07, 6.45) is 0. The van der Waals surface area contributed by atoms with E-state index in [1.54, 1.807) is 23.6 Å². The van der Waals surface area contributed by atoms with Gasteiger partial charge in [0.05, 0.1) is 23.4 Å². The molecule has 0 unspecified atom stereocenters. The fraction of sp³-hybridized carbons (Fsp3) is 0.333. The Labute approximate surface area is 208 Å². The van der Waals surface area contributed by atoms with Crippen LogP contribution in [0.1, 0.15) is 15.2 Å². The summed E-state index contributed by atoms with van der Waals surface area (Å²) in [5.41, 5.74) is 1.73. The van der Waals surface area contributed by atoms with Gasteiger partial charge in [0.25, 0.3) is 11.5 Å². The molecule has 7 nitrogen and oxygen atoms in total. The van der Waals surface area contributed by atoms with Gasteiger partial charge in [-0.1, -0.05) is 48.5 Å². The fourth-order valence-electron chi connectivity index (χ4n) is 4.52. The van der Waals surface area contributed by atoms with Gasteiger partial charge in [-0.25, -0.2) is 0 Å². The number of aromatic nitrogens is 1. The van der Waals surface area contributed by atoms with E-state index in [-0.39, 0.29) is 11.5 Å². The molecule has 0 N–H and O–H groups in total. The summed E-state index contributed by atoms with van der Waals surface area (Å²) >= 11 is 1.35. The third-order valence-corrected chi connectivity index (χ3v) is 7.65. The molecule has 1 saturated heterocycles. The maximum atomic E-state index is 13.7. The molecule has 1 aliphatic rings. The third-order valence-electron chi connectivity index (χ3n) is 6.45. The Morgan fingerprint density at radius 2 is 1.80 bits per heavy atom. The minimum Gasteiger partial charge on any atom is -0.490 e. The van der Waals surface area contributed by atoms with Gasteiger partial charge in [-0.05, 0) is 11.6 Å². The van der Waals surface area contributed by atoms with E-state index in [2.05, 4.69) is 4.90 Å². The molecule has 5 rings (SSSR count). The molecule has 1 fully saturated rings. The monoisotopic (exact) mass is 491 g/mol. The van der Waals surface area contributed by atoms with Gasteiger partial charge in [-0.15, -0.1) is 11.3 Å². The molecular formula is C27H29N3O4S. The van der Waals surface area contributed by atoms with Gasteiger partial charge in [0.2, 0.25) is 0 Å². The van der Waals surface area contributed by atoms with E-state index in [4.69, 9.17) is 9.47 Å². The summed E-state index contributed by atoms with van der Waals surface area (Å²) in [4.78, 5) is 31.5. The number of fused-ring (bicyclic) bond motifs is 3. The van der Waals surface area contributed by atoms with Gasteiger partial charge in [-0.3, -0.25) is 14.5 Å². The van der Waals surface area contributed by atoms with Crippen LogP contribution in [0.25, 0.3) is 21.0 Å². The fourth-order valence-corrected chi connectivity index (χ4v) is 5.78. The summed E-state index contributed by atoms with van der Waals surface area (Å²) in [7, 11) is 3.55. The molecule has 35 heavy (non-hydrogen) atoms. The standard InChI is InChI=1S/C27H29N3O4S/c1-28(18-19-8-4-3-5-9-19)27(32)25-23(34-17-14-30-12-15-33-16-13-30)22-24(35-25)20-10-6-7-11-21(20)29(2)26(22)31/h3-11H,12-18H2,1-2H3. The zero-order valence-electron chi connectivity index (χ0n) is 20.0. The second-order valence-corrected chi connectivity index (χ2v) is 9.82. The van der Waals surface area contributed by atoms with Gasteiger partial charge >= 0.3 is 0 Å². The quantitative estimate of drug-likeness (QED) is 0.394. The van der Waals surface area contributed by atoms with Crippen LogP contribution in [0.15, 0.2) is 59.4 Å². The van der Waals surface area contributed by atoms with Crippen LogP contribution < -0.4 is 10.3 Å². The average molecular weight is 492 g/mol. The number of carbonyl (C=O) groups excluding carboxylic acids is 1. The molecule has 8 heteroatoms. The highest BCUT2D eigenvalue weighted by atomic mass is 32.1. The van der Waals surface area contributed by atoms with Crippen LogP contribution >= 0.6 is 11.3 Å². The Kier molecular flexibility index (Phi) is 6.86. The van der Waals surface area contributed by atoms with Gasteiger partial charge in [-0.2, -0.15) is 0 Å². The number of ether oxygens (including phenoxy) is 2. The van der Waals surface area contributed by atoms with Crippen molar-refractivity contribution in [3.05, 3.63) is 75.4 Å². The molecule has 0 spiro atoms. The van der Waals surface area contributed by atoms with Crippen molar-refractivity contribution < 1.29 is 14.3 Å². The van der Waals surface area contributed by atoms with E-state index in [0.29, 0.717) is 48.9 Å². The lowest BCUT2D eigenvalue weighted by atomic mass is 10.1. The topological polar surface area (TPSA) is 64.0 Å². The number of thiophene rings is 1. The van der Waals surface area contributed by atoms with Crippen molar-refractivity contribution in [2.24, 2.45) is 7.05 Å². The van der Waals surface area contributed by atoms with Gasteiger partial charge in [0, 0.05) is 45.7 Å². The van der Waals surface area contributed by atoms with Crippen LogP contribution in [0, 0.1) is 0 Å². The Balaban J connectivity index is 1.55. The number of rotatable bonds is 7. The highest BCUT2D eigenvalue weighted by Crippen LogP contribution is 2.40. The van der Waals surface area contributed by atoms with Crippen molar-refractivity contribution in [3.63, 3.8) is 0 Å². The molecule has 0 aliphatic carbocycles. The van der Waals surface area contributed by atoms with E-state index in [0.717, 1.165) is 34.3 Å². The van der Waals surface area contributed by atoms with Gasteiger partial charge < -0.3 is 18.9 Å². The molecule has 182 valence electrons. The van der Waals surface area contributed by atoms with Crippen LogP contribution in [0.4, 0.5) is 0 Å². The molecule has 3 heterocycles. The predicted molar refractivity (Wildman–Crippen MR) is 140 cm³/mol. The molecule has 0 bridgehead atoms. The summed E-state index contributed by atoms with van der Waals surface area (Å²) < 4.78 is 14.1. The lowest BCUT2D eigenvalue weighted by Crippen LogP contribution is -2.38. The van der Waals surface area contributed by atoms with Gasteiger partial charge in [0.1, 0.15) is 16.9 Å². The second-order valence-electron chi connectivity index (χ2n) is 8.80. The lowest BCUT2D eigenvalue weighted by Gasteiger charge is -2.26. The Hall–Kier alpha value is -3.20. The normalized spacial score (nSPS) is 14.5. The number of benzene rings is 2.